The van der Waals surface area contributed by atoms with Crippen molar-refractivity contribution in [2.75, 3.05) is 45.8 Å². The zero-order chi connectivity index (χ0) is 13.1. The molecule has 19 heavy (non-hydrogen) atoms. The van der Waals surface area contributed by atoms with Gasteiger partial charge in [0.05, 0.1) is 0 Å². The van der Waals surface area contributed by atoms with Crippen LogP contribution in [0.2, 0.25) is 0 Å². The lowest BCUT2D eigenvalue weighted by molar-refractivity contribution is -0.134. The van der Waals surface area contributed by atoms with Crippen molar-refractivity contribution in [2.24, 2.45) is 11.8 Å². The van der Waals surface area contributed by atoms with Gasteiger partial charge in [-0.1, -0.05) is 0 Å². The number of carbonyl (C=O) groups excluding carboxylic acids is 1. The first-order valence-electron chi connectivity index (χ1n) is 8.02. The average Bonchev–Trinajstić information content (AvgIpc) is 2.87. The van der Waals surface area contributed by atoms with Gasteiger partial charge in [0.25, 0.3) is 0 Å². The first kappa shape index (κ1) is 13.4. The number of rotatable bonds is 4. The predicted molar refractivity (Wildman–Crippen MR) is 76.0 cm³/mol. The first-order chi connectivity index (χ1) is 9.31. The summed E-state index contributed by atoms with van der Waals surface area (Å²) in [6.07, 6.45) is 5.96. The Hall–Kier alpha value is -0.610. The van der Waals surface area contributed by atoms with E-state index < -0.39 is 0 Å². The number of carbonyl (C=O) groups is 1. The maximum absolute atomic E-state index is 12.1. The molecule has 0 aromatic rings. The summed E-state index contributed by atoms with van der Waals surface area (Å²) in [6, 6.07) is 0. The standard InChI is InChI=1S/C15H27N3O/c19-15(9-14-10-16-11-14)18-7-3-13(4-8-18)12-17-5-1-2-6-17/h13-14,16H,1-12H2. The Balaban J connectivity index is 1.37. The molecular formula is C15H27N3O. The second-order valence-corrected chi connectivity index (χ2v) is 6.56. The summed E-state index contributed by atoms with van der Waals surface area (Å²) in [5, 5.41) is 3.24. The predicted octanol–water partition coefficient (Wildman–Crippen LogP) is 0.930. The molecule has 3 aliphatic rings. The number of nitrogens with zero attached hydrogens (tertiary/aromatic N) is 2. The van der Waals surface area contributed by atoms with Crippen LogP contribution in [-0.4, -0.2) is 61.5 Å². The number of nitrogens with one attached hydrogen (secondary N) is 1. The molecule has 0 aliphatic carbocycles. The zero-order valence-corrected chi connectivity index (χ0v) is 11.9. The molecule has 3 fully saturated rings. The van der Waals surface area contributed by atoms with Gasteiger partial charge in [0.1, 0.15) is 0 Å². The van der Waals surface area contributed by atoms with Crippen LogP contribution in [0.25, 0.3) is 0 Å². The molecule has 0 aromatic carbocycles. The third-order valence-electron chi connectivity index (χ3n) is 5.01. The van der Waals surface area contributed by atoms with E-state index in [2.05, 4.69) is 15.1 Å². The topological polar surface area (TPSA) is 35.6 Å². The third kappa shape index (κ3) is 3.48. The number of hydrogen-bond donors (Lipinski definition) is 1. The van der Waals surface area contributed by atoms with Crippen LogP contribution in [0.3, 0.4) is 0 Å². The zero-order valence-electron chi connectivity index (χ0n) is 11.9. The summed E-state index contributed by atoms with van der Waals surface area (Å²) in [6.45, 7) is 7.94. The van der Waals surface area contributed by atoms with E-state index >= 15 is 0 Å². The molecule has 0 aromatic heterocycles. The van der Waals surface area contributed by atoms with E-state index in [0.29, 0.717) is 11.8 Å². The van der Waals surface area contributed by atoms with Gasteiger partial charge in [-0.3, -0.25) is 4.79 Å². The van der Waals surface area contributed by atoms with Crippen molar-refractivity contribution in [3.05, 3.63) is 0 Å². The molecular weight excluding hydrogens is 238 g/mol. The van der Waals surface area contributed by atoms with Crippen molar-refractivity contribution in [3.8, 4) is 0 Å². The maximum Gasteiger partial charge on any atom is 0.222 e. The van der Waals surface area contributed by atoms with E-state index in [1.807, 2.05) is 0 Å². The molecule has 0 bridgehead atoms. The van der Waals surface area contributed by atoms with Gasteiger partial charge in [-0.25, -0.2) is 0 Å². The molecule has 0 spiro atoms. The van der Waals surface area contributed by atoms with Crippen LogP contribution in [0.1, 0.15) is 32.1 Å². The van der Waals surface area contributed by atoms with Crippen LogP contribution in [0.4, 0.5) is 0 Å². The summed E-state index contributed by atoms with van der Waals surface area (Å²) in [4.78, 5) is 16.9. The molecule has 0 unspecified atom stereocenters. The molecule has 0 saturated carbocycles. The van der Waals surface area contributed by atoms with Gasteiger partial charge in [-0.05, 0) is 63.7 Å². The van der Waals surface area contributed by atoms with Gasteiger partial charge in [0.2, 0.25) is 5.91 Å². The normalized spacial score (nSPS) is 26.6. The van der Waals surface area contributed by atoms with Crippen LogP contribution in [0.15, 0.2) is 0 Å². The SMILES string of the molecule is O=C(CC1CNC1)N1CCC(CN2CCCC2)CC1. The van der Waals surface area contributed by atoms with Crippen LogP contribution in [0.5, 0.6) is 0 Å². The molecule has 4 nitrogen and oxygen atoms in total. The second-order valence-electron chi connectivity index (χ2n) is 6.56. The van der Waals surface area contributed by atoms with Crippen LogP contribution in [0, 0.1) is 11.8 Å². The number of likely N-dealkylation sites (tertiary alicyclic amines) is 2. The molecule has 1 amide bonds. The van der Waals surface area contributed by atoms with Crippen molar-refractivity contribution in [3.63, 3.8) is 0 Å². The van der Waals surface area contributed by atoms with E-state index in [1.165, 1.54) is 45.3 Å². The lowest BCUT2D eigenvalue weighted by atomic mass is 9.94. The number of amides is 1. The average molecular weight is 265 g/mol. The van der Waals surface area contributed by atoms with E-state index in [-0.39, 0.29) is 0 Å². The molecule has 3 rings (SSSR count). The highest BCUT2D eigenvalue weighted by atomic mass is 16.2. The van der Waals surface area contributed by atoms with Crippen molar-refractivity contribution in [1.29, 1.82) is 0 Å². The molecule has 4 heteroatoms. The van der Waals surface area contributed by atoms with Gasteiger partial charge in [0, 0.05) is 26.1 Å². The summed E-state index contributed by atoms with van der Waals surface area (Å²) >= 11 is 0. The largest absolute Gasteiger partial charge is 0.343 e. The van der Waals surface area contributed by atoms with E-state index in [1.54, 1.807) is 0 Å². The highest BCUT2D eigenvalue weighted by molar-refractivity contribution is 5.76. The quantitative estimate of drug-likeness (QED) is 0.821. The number of hydrogen-bond acceptors (Lipinski definition) is 3. The Morgan fingerprint density at radius 2 is 1.68 bits per heavy atom. The first-order valence-corrected chi connectivity index (χ1v) is 8.02. The smallest absolute Gasteiger partial charge is 0.222 e. The van der Waals surface area contributed by atoms with Crippen molar-refractivity contribution < 1.29 is 4.79 Å². The van der Waals surface area contributed by atoms with Crippen molar-refractivity contribution >= 4 is 5.91 Å². The molecule has 3 saturated heterocycles. The lowest BCUT2D eigenvalue weighted by Gasteiger charge is -2.35. The summed E-state index contributed by atoms with van der Waals surface area (Å²) < 4.78 is 0. The van der Waals surface area contributed by atoms with Gasteiger partial charge in [-0.15, -0.1) is 0 Å². The second kappa shape index (κ2) is 6.23. The minimum absolute atomic E-state index is 0.395. The summed E-state index contributed by atoms with van der Waals surface area (Å²) in [5.74, 6) is 1.83. The molecule has 1 N–H and O–H groups in total. The molecule has 108 valence electrons. The maximum atomic E-state index is 12.1. The van der Waals surface area contributed by atoms with Crippen LogP contribution < -0.4 is 5.32 Å². The van der Waals surface area contributed by atoms with Crippen molar-refractivity contribution in [2.45, 2.75) is 32.1 Å². The fraction of sp³-hybridized carbons (Fsp3) is 0.933. The monoisotopic (exact) mass is 265 g/mol. The number of piperidine rings is 1. The van der Waals surface area contributed by atoms with Gasteiger partial charge < -0.3 is 15.1 Å². The molecule has 0 radical (unpaired) electrons. The Morgan fingerprint density at radius 1 is 1.00 bits per heavy atom. The van der Waals surface area contributed by atoms with E-state index in [0.717, 1.165) is 38.5 Å². The fourth-order valence-corrected chi connectivity index (χ4v) is 3.56. The Labute approximate surface area is 116 Å². The summed E-state index contributed by atoms with van der Waals surface area (Å²) in [7, 11) is 0. The third-order valence-corrected chi connectivity index (χ3v) is 5.01. The van der Waals surface area contributed by atoms with E-state index in [4.69, 9.17) is 0 Å². The minimum Gasteiger partial charge on any atom is -0.343 e. The van der Waals surface area contributed by atoms with Crippen LogP contribution >= 0.6 is 0 Å². The van der Waals surface area contributed by atoms with Gasteiger partial charge in [-0.2, -0.15) is 0 Å². The Bertz CT molecular complexity index is 303. The fourth-order valence-electron chi connectivity index (χ4n) is 3.56. The van der Waals surface area contributed by atoms with Crippen LogP contribution in [-0.2, 0) is 4.79 Å². The molecule has 3 aliphatic heterocycles. The highest BCUT2D eigenvalue weighted by Crippen LogP contribution is 2.22. The Morgan fingerprint density at radius 3 is 2.26 bits per heavy atom. The van der Waals surface area contributed by atoms with Gasteiger partial charge in [0.15, 0.2) is 0 Å². The highest BCUT2D eigenvalue weighted by Gasteiger charge is 2.27. The minimum atomic E-state index is 0.395. The van der Waals surface area contributed by atoms with Crippen molar-refractivity contribution in [1.82, 2.24) is 15.1 Å². The molecule has 0 atom stereocenters. The summed E-state index contributed by atoms with van der Waals surface area (Å²) in [5.41, 5.74) is 0. The lowest BCUT2D eigenvalue weighted by Crippen LogP contribution is -2.47. The Kier molecular flexibility index (Phi) is 4.38. The van der Waals surface area contributed by atoms with Gasteiger partial charge >= 0.3 is 0 Å². The van der Waals surface area contributed by atoms with E-state index in [9.17, 15) is 4.79 Å². The molecule has 3 heterocycles.